The van der Waals surface area contributed by atoms with Gasteiger partial charge in [0, 0.05) is 30.5 Å². The molecule has 1 aliphatic rings. The predicted octanol–water partition coefficient (Wildman–Crippen LogP) is 0.741. The van der Waals surface area contributed by atoms with Crippen LogP contribution in [0, 0.1) is 23.2 Å². The average Bonchev–Trinajstić information content (AvgIpc) is 2.91. The topological polar surface area (TPSA) is 221 Å². The van der Waals surface area contributed by atoms with Crippen molar-refractivity contribution in [3.8, 4) is 0 Å². The van der Waals surface area contributed by atoms with Crippen LogP contribution in [-0.4, -0.2) is 84.1 Å². The Kier molecular flexibility index (Phi) is 16.6. The van der Waals surface area contributed by atoms with E-state index in [0.29, 0.717) is 31.8 Å². The zero-order valence-electron chi connectivity index (χ0n) is 26.3. The summed E-state index contributed by atoms with van der Waals surface area (Å²) in [6.45, 7) is 12.8. The third-order valence-electron chi connectivity index (χ3n) is 7.96. The number of hydrogen-bond donors (Lipinski definition) is 8. The minimum absolute atomic E-state index is 0.107. The normalized spacial score (nSPS) is 25.8. The highest BCUT2D eigenvalue weighted by Gasteiger charge is 2.37. The van der Waals surface area contributed by atoms with Gasteiger partial charge in [-0.15, -0.1) is 0 Å². The summed E-state index contributed by atoms with van der Waals surface area (Å²) in [7, 11) is 0. The Morgan fingerprint density at radius 2 is 1.83 bits per heavy atom. The number of aliphatic hydroxyl groups excluding tert-OH is 2. The maximum absolute atomic E-state index is 13.0. The van der Waals surface area contributed by atoms with Gasteiger partial charge >= 0.3 is 0 Å². The van der Waals surface area contributed by atoms with Gasteiger partial charge in [0.25, 0.3) is 0 Å². The highest BCUT2D eigenvalue weighted by atomic mass is 16.5. The van der Waals surface area contributed by atoms with E-state index in [-0.39, 0.29) is 60.4 Å². The number of amidine groups is 1. The van der Waals surface area contributed by atoms with Gasteiger partial charge in [-0.2, -0.15) is 0 Å². The molecule has 0 spiro atoms. The second-order valence-corrected chi connectivity index (χ2v) is 13.2. The van der Waals surface area contributed by atoms with Crippen molar-refractivity contribution in [1.29, 1.82) is 0 Å². The molecule has 1 amide bonds. The second-order valence-electron chi connectivity index (χ2n) is 13.2. The first-order valence-corrected chi connectivity index (χ1v) is 15.3. The van der Waals surface area contributed by atoms with Crippen LogP contribution in [0.15, 0.2) is 17.1 Å². The fourth-order valence-corrected chi connectivity index (χ4v) is 5.14. The highest BCUT2D eigenvalue weighted by molar-refractivity contribution is 5.85. The van der Waals surface area contributed by atoms with Crippen molar-refractivity contribution in [3.63, 3.8) is 0 Å². The number of nitrogens with one attached hydrogen (secondary N) is 1. The van der Waals surface area contributed by atoms with Gasteiger partial charge in [-0.3, -0.25) is 9.79 Å². The van der Waals surface area contributed by atoms with E-state index in [0.717, 1.165) is 19.3 Å². The van der Waals surface area contributed by atoms with Crippen molar-refractivity contribution in [3.05, 3.63) is 12.2 Å². The number of ether oxygens (including phenoxy) is 1. The number of nitrogens with two attached hydrogens (primary N) is 5. The summed E-state index contributed by atoms with van der Waals surface area (Å²) in [6.07, 6.45) is 5.30. The molecule has 1 heterocycles. The molecule has 1 rings (SSSR count). The number of aliphatic hydroxyl groups is 2. The molecule has 0 aromatic carbocycles. The molecule has 0 saturated carbocycles. The van der Waals surface area contributed by atoms with Crippen molar-refractivity contribution in [2.75, 3.05) is 19.6 Å². The van der Waals surface area contributed by atoms with E-state index in [9.17, 15) is 15.0 Å². The number of carbonyl (C=O) groups excluding carboxylic acids is 1. The molecular formula is C30H61N7O4. The first kappa shape index (κ1) is 37.4. The van der Waals surface area contributed by atoms with Crippen molar-refractivity contribution in [2.24, 2.45) is 56.8 Å². The lowest BCUT2D eigenvalue weighted by atomic mass is 9.79. The molecule has 41 heavy (non-hydrogen) atoms. The summed E-state index contributed by atoms with van der Waals surface area (Å²) < 4.78 is 6.30. The molecule has 1 aliphatic heterocycles. The Morgan fingerprint density at radius 3 is 2.39 bits per heavy atom. The zero-order chi connectivity index (χ0) is 31.3. The van der Waals surface area contributed by atoms with E-state index in [1.807, 2.05) is 40.7 Å². The first-order chi connectivity index (χ1) is 19.1. The standard InChI is InChI=1S/C30H61N7O4/c1-18(8-7-13-31)29(40)37-25(16-32)23(15-21(38)11-12-30(4,5)6)27(39)19(2)14-26-24(34)10-9-22(41-26)17-36-28(35)20(3)33/h11-12,18-27,38-39H,7-10,13-17,31-34H2,1-6H3,(H2,35,36)(H,37,40)/b12-11+. The van der Waals surface area contributed by atoms with Gasteiger partial charge in [-0.05, 0) is 63.3 Å². The molecule has 0 bridgehead atoms. The summed E-state index contributed by atoms with van der Waals surface area (Å²) in [5, 5.41) is 25.6. The number of amides is 1. The molecule has 13 N–H and O–H groups in total. The fourth-order valence-electron chi connectivity index (χ4n) is 5.14. The monoisotopic (exact) mass is 583 g/mol. The van der Waals surface area contributed by atoms with Crippen LogP contribution in [0.3, 0.4) is 0 Å². The maximum atomic E-state index is 13.0. The van der Waals surface area contributed by atoms with Gasteiger partial charge in [0.2, 0.25) is 5.91 Å². The van der Waals surface area contributed by atoms with Crippen LogP contribution in [0.2, 0.25) is 0 Å². The third kappa shape index (κ3) is 13.9. The highest BCUT2D eigenvalue weighted by Crippen LogP contribution is 2.30. The minimum atomic E-state index is -0.871. The Balaban J connectivity index is 3.08. The van der Waals surface area contributed by atoms with Crippen molar-refractivity contribution < 1.29 is 19.7 Å². The number of nitrogens with zero attached hydrogens (tertiary/aromatic N) is 1. The molecule has 0 radical (unpaired) electrons. The van der Waals surface area contributed by atoms with Crippen LogP contribution in [0.1, 0.15) is 80.1 Å². The number of allylic oxidation sites excluding steroid dienone is 1. The van der Waals surface area contributed by atoms with E-state index in [1.165, 1.54) is 0 Å². The van der Waals surface area contributed by atoms with Gasteiger partial charge in [-0.25, -0.2) is 0 Å². The molecule has 10 atom stereocenters. The predicted molar refractivity (Wildman–Crippen MR) is 167 cm³/mol. The van der Waals surface area contributed by atoms with Crippen LogP contribution in [-0.2, 0) is 9.53 Å². The summed E-state index contributed by atoms with van der Waals surface area (Å²) >= 11 is 0. The Morgan fingerprint density at radius 1 is 1.17 bits per heavy atom. The molecule has 1 saturated heterocycles. The lowest BCUT2D eigenvalue weighted by Gasteiger charge is -2.39. The van der Waals surface area contributed by atoms with E-state index < -0.39 is 24.2 Å². The summed E-state index contributed by atoms with van der Waals surface area (Å²) in [6, 6.07) is -1.03. The molecule has 11 heteroatoms. The summed E-state index contributed by atoms with van der Waals surface area (Å²) in [5.74, 6) is -0.722. The molecule has 10 unspecified atom stereocenters. The molecule has 0 aliphatic carbocycles. The lowest BCUT2D eigenvalue weighted by molar-refractivity contribution is -0.126. The number of carbonyl (C=O) groups is 1. The summed E-state index contributed by atoms with van der Waals surface area (Å²) in [4.78, 5) is 17.3. The molecule has 240 valence electrons. The average molecular weight is 584 g/mol. The van der Waals surface area contributed by atoms with Gasteiger partial charge in [0.1, 0.15) is 5.84 Å². The van der Waals surface area contributed by atoms with Gasteiger partial charge in [-0.1, -0.05) is 46.8 Å². The fraction of sp³-hybridized carbons (Fsp3) is 0.867. The van der Waals surface area contributed by atoms with Crippen LogP contribution >= 0.6 is 0 Å². The Hall–Kier alpha value is -1.60. The van der Waals surface area contributed by atoms with Crippen LogP contribution in [0.25, 0.3) is 0 Å². The van der Waals surface area contributed by atoms with Gasteiger partial charge in [0.15, 0.2) is 0 Å². The molecule has 1 fully saturated rings. The van der Waals surface area contributed by atoms with Crippen molar-refractivity contribution in [2.45, 2.75) is 123 Å². The van der Waals surface area contributed by atoms with Crippen LogP contribution < -0.4 is 34.0 Å². The zero-order valence-corrected chi connectivity index (χ0v) is 26.3. The number of rotatable bonds is 17. The molecule has 0 aromatic rings. The van der Waals surface area contributed by atoms with Crippen molar-refractivity contribution >= 4 is 11.7 Å². The minimum Gasteiger partial charge on any atom is -0.392 e. The summed E-state index contributed by atoms with van der Waals surface area (Å²) in [5.41, 5.74) is 29.8. The smallest absolute Gasteiger partial charge is 0.223 e. The largest absolute Gasteiger partial charge is 0.392 e. The van der Waals surface area contributed by atoms with Crippen LogP contribution in [0.5, 0.6) is 0 Å². The van der Waals surface area contributed by atoms with Crippen molar-refractivity contribution in [1.82, 2.24) is 5.32 Å². The van der Waals surface area contributed by atoms with Gasteiger partial charge in [0.05, 0.1) is 37.0 Å². The van der Waals surface area contributed by atoms with E-state index in [1.54, 1.807) is 13.0 Å². The number of aliphatic imine (C=N–C) groups is 1. The number of hydrogen-bond acceptors (Lipinski definition) is 9. The molecule has 0 aromatic heterocycles. The third-order valence-corrected chi connectivity index (χ3v) is 7.96. The lowest BCUT2D eigenvalue weighted by Crippen LogP contribution is -2.53. The Labute approximate surface area is 248 Å². The molecular weight excluding hydrogens is 522 g/mol. The van der Waals surface area contributed by atoms with Gasteiger partial charge < -0.3 is 48.9 Å². The van der Waals surface area contributed by atoms with E-state index in [2.05, 4.69) is 10.3 Å². The van der Waals surface area contributed by atoms with E-state index in [4.69, 9.17) is 33.4 Å². The molecule has 11 nitrogen and oxygen atoms in total. The SMILES string of the molecule is CC(N)C(N)=NCC1CCC(N)C(CC(C)C(O)C(CC(O)/C=C/C(C)(C)C)C(CN)NC(=O)C(C)CCCN)O1. The second kappa shape index (κ2) is 18.1. The Bertz CT molecular complexity index is 817. The van der Waals surface area contributed by atoms with E-state index >= 15 is 0 Å². The van der Waals surface area contributed by atoms with Crippen LogP contribution in [0.4, 0.5) is 0 Å². The quantitative estimate of drug-likeness (QED) is 0.0686. The first-order valence-electron chi connectivity index (χ1n) is 15.3. The maximum Gasteiger partial charge on any atom is 0.223 e.